The van der Waals surface area contributed by atoms with Crippen molar-refractivity contribution in [1.29, 1.82) is 0 Å². The summed E-state index contributed by atoms with van der Waals surface area (Å²) < 4.78 is 4.92. The molecule has 1 fully saturated rings. The van der Waals surface area contributed by atoms with Crippen molar-refractivity contribution in [3.05, 3.63) is 57.2 Å². The highest BCUT2D eigenvalue weighted by Gasteiger charge is 2.31. The van der Waals surface area contributed by atoms with E-state index in [2.05, 4.69) is 10.6 Å². The molecule has 2 amide bonds. The van der Waals surface area contributed by atoms with Gasteiger partial charge in [0.2, 0.25) is 0 Å². The Labute approximate surface area is 136 Å². The van der Waals surface area contributed by atoms with Crippen LogP contribution in [0.3, 0.4) is 0 Å². The Morgan fingerprint density at radius 1 is 1.36 bits per heavy atom. The molecule has 2 aromatic rings. The van der Waals surface area contributed by atoms with Crippen molar-refractivity contribution in [2.24, 2.45) is 0 Å². The lowest BCUT2D eigenvalue weighted by Crippen LogP contribution is -2.39. The average Bonchev–Trinajstić information content (AvgIpc) is 3.17. The van der Waals surface area contributed by atoms with Gasteiger partial charge in [0.15, 0.2) is 6.10 Å². The summed E-state index contributed by atoms with van der Waals surface area (Å²) >= 11 is 7.46. The fraction of sp³-hybridized carbons (Fsp3) is 0.200. The number of hydrogen-bond donors (Lipinski definition) is 2. The summed E-state index contributed by atoms with van der Waals surface area (Å²) in [6, 6.07) is 10.9. The van der Waals surface area contributed by atoms with E-state index in [1.165, 1.54) is 0 Å². The molecule has 3 rings (SSSR count). The molecule has 0 aliphatic carbocycles. The topological polar surface area (TPSA) is 67.4 Å². The monoisotopic (exact) mass is 336 g/mol. The number of benzene rings is 1. The molecule has 7 heteroatoms. The predicted molar refractivity (Wildman–Crippen MR) is 84.0 cm³/mol. The lowest BCUT2D eigenvalue weighted by molar-refractivity contribution is -0.128. The molecule has 1 saturated heterocycles. The van der Waals surface area contributed by atoms with E-state index in [1.807, 2.05) is 29.6 Å². The molecule has 1 aliphatic heterocycles. The number of cyclic esters (lactones) is 1. The van der Waals surface area contributed by atoms with E-state index in [9.17, 15) is 9.59 Å². The molecule has 114 valence electrons. The van der Waals surface area contributed by atoms with E-state index in [4.69, 9.17) is 16.3 Å². The minimum Gasteiger partial charge on any atom is -0.434 e. The maximum atomic E-state index is 12.3. The van der Waals surface area contributed by atoms with Gasteiger partial charge in [-0.2, -0.15) is 0 Å². The first kappa shape index (κ1) is 14.9. The van der Waals surface area contributed by atoms with Crippen LogP contribution in [0.25, 0.3) is 0 Å². The predicted octanol–water partition coefficient (Wildman–Crippen LogP) is 2.72. The number of thiophene rings is 1. The maximum Gasteiger partial charge on any atom is 0.408 e. The molecule has 0 saturated carbocycles. The number of carbonyl (C=O) groups is 2. The Kier molecular flexibility index (Phi) is 4.31. The number of halogens is 1. The lowest BCUT2D eigenvalue weighted by Gasteiger charge is -2.19. The molecule has 5 nitrogen and oxygen atoms in total. The van der Waals surface area contributed by atoms with Crippen LogP contribution in [-0.4, -0.2) is 24.6 Å². The van der Waals surface area contributed by atoms with Gasteiger partial charge in [0.25, 0.3) is 5.91 Å². The van der Waals surface area contributed by atoms with Crippen LogP contribution in [0, 0.1) is 0 Å². The van der Waals surface area contributed by atoms with Crippen LogP contribution in [0.2, 0.25) is 5.02 Å². The zero-order valence-electron chi connectivity index (χ0n) is 11.4. The quantitative estimate of drug-likeness (QED) is 0.902. The third-order valence-electron chi connectivity index (χ3n) is 3.29. The number of hydrogen-bond acceptors (Lipinski definition) is 4. The number of alkyl carbamates (subject to hydrolysis) is 1. The van der Waals surface area contributed by atoms with Crippen LogP contribution in [0.4, 0.5) is 4.79 Å². The summed E-state index contributed by atoms with van der Waals surface area (Å²) in [6.07, 6.45) is -1.37. The van der Waals surface area contributed by atoms with Gasteiger partial charge in [-0.25, -0.2) is 4.79 Å². The Morgan fingerprint density at radius 3 is 2.73 bits per heavy atom. The van der Waals surface area contributed by atoms with E-state index >= 15 is 0 Å². The van der Waals surface area contributed by atoms with Crippen LogP contribution in [0.5, 0.6) is 0 Å². The minimum atomic E-state index is -0.803. The Bertz CT molecular complexity index is 673. The summed E-state index contributed by atoms with van der Waals surface area (Å²) in [5.74, 6) is -0.327. The first-order valence-electron chi connectivity index (χ1n) is 6.67. The van der Waals surface area contributed by atoms with Crippen LogP contribution in [0.1, 0.15) is 16.5 Å². The van der Waals surface area contributed by atoms with Gasteiger partial charge in [0.05, 0.1) is 12.6 Å². The normalized spacial score (nSPS) is 18.4. The molecular weight excluding hydrogens is 324 g/mol. The number of rotatable bonds is 4. The molecule has 2 atom stereocenters. The Hall–Kier alpha value is -2.05. The zero-order chi connectivity index (χ0) is 15.5. The highest BCUT2D eigenvalue weighted by molar-refractivity contribution is 7.10. The van der Waals surface area contributed by atoms with Gasteiger partial charge in [0, 0.05) is 9.90 Å². The Morgan fingerprint density at radius 2 is 2.14 bits per heavy atom. The largest absolute Gasteiger partial charge is 0.434 e. The zero-order valence-corrected chi connectivity index (χ0v) is 13.0. The van der Waals surface area contributed by atoms with Gasteiger partial charge in [-0.3, -0.25) is 4.79 Å². The summed E-state index contributed by atoms with van der Waals surface area (Å²) in [5.41, 5.74) is 0.914. The van der Waals surface area contributed by atoms with Gasteiger partial charge in [0.1, 0.15) is 0 Å². The minimum absolute atomic E-state index is 0.183. The fourth-order valence-electron chi connectivity index (χ4n) is 2.20. The fourth-order valence-corrected chi connectivity index (χ4v) is 3.13. The first-order chi connectivity index (χ1) is 10.6. The van der Waals surface area contributed by atoms with Crippen molar-refractivity contribution in [3.8, 4) is 0 Å². The van der Waals surface area contributed by atoms with Gasteiger partial charge in [-0.05, 0) is 29.1 Å². The molecular formula is C15H13ClN2O3S. The first-order valence-corrected chi connectivity index (χ1v) is 7.93. The summed E-state index contributed by atoms with van der Waals surface area (Å²) in [4.78, 5) is 24.3. The molecule has 22 heavy (non-hydrogen) atoms. The van der Waals surface area contributed by atoms with Crippen LogP contribution >= 0.6 is 22.9 Å². The second-order valence-electron chi connectivity index (χ2n) is 4.78. The standard InChI is InChI=1S/C15H13ClN2O3S/c16-10-5-3-9(4-6-10)13(12-2-1-7-22-12)18-14(19)11-8-17-15(20)21-11/h1-7,11,13H,8H2,(H,17,20)(H,18,19)/t11-,13?/m0/s1. The smallest absolute Gasteiger partial charge is 0.408 e. The molecule has 1 aromatic carbocycles. The summed E-state index contributed by atoms with van der Waals surface area (Å²) in [6.45, 7) is 0.183. The number of ether oxygens (including phenoxy) is 1. The van der Waals surface area contributed by atoms with E-state index in [-0.39, 0.29) is 18.5 Å². The van der Waals surface area contributed by atoms with Crippen LogP contribution < -0.4 is 10.6 Å². The van der Waals surface area contributed by atoms with E-state index in [1.54, 1.807) is 23.5 Å². The molecule has 0 radical (unpaired) electrons. The molecule has 0 spiro atoms. The van der Waals surface area contributed by atoms with Gasteiger partial charge >= 0.3 is 6.09 Å². The SMILES string of the molecule is O=C1NC[C@@H](C(=O)NC(c2ccc(Cl)cc2)c2cccs2)O1. The molecule has 2 N–H and O–H groups in total. The van der Waals surface area contributed by atoms with Crippen LogP contribution in [0.15, 0.2) is 41.8 Å². The van der Waals surface area contributed by atoms with Crippen molar-refractivity contribution < 1.29 is 14.3 Å². The average molecular weight is 337 g/mol. The molecule has 1 unspecified atom stereocenters. The second kappa shape index (κ2) is 6.37. The third kappa shape index (κ3) is 3.23. The summed E-state index contributed by atoms with van der Waals surface area (Å²) in [5, 5.41) is 7.98. The Balaban J connectivity index is 1.81. The summed E-state index contributed by atoms with van der Waals surface area (Å²) in [7, 11) is 0. The third-order valence-corrected chi connectivity index (χ3v) is 4.48. The van der Waals surface area contributed by atoms with Gasteiger partial charge in [-0.15, -0.1) is 11.3 Å². The number of nitrogens with one attached hydrogen (secondary N) is 2. The molecule has 0 bridgehead atoms. The van der Waals surface area contributed by atoms with E-state index in [0.29, 0.717) is 5.02 Å². The highest BCUT2D eigenvalue weighted by atomic mass is 35.5. The van der Waals surface area contributed by atoms with Crippen molar-refractivity contribution in [2.45, 2.75) is 12.1 Å². The van der Waals surface area contributed by atoms with Crippen molar-refractivity contribution in [2.75, 3.05) is 6.54 Å². The maximum absolute atomic E-state index is 12.3. The van der Waals surface area contributed by atoms with Crippen LogP contribution in [-0.2, 0) is 9.53 Å². The number of amides is 2. The van der Waals surface area contributed by atoms with Gasteiger partial charge in [-0.1, -0.05) is 29.8 Å². The molecule has 1 aromatic heterocycles. The van der Waals surface area contributed by atoms with Crippen molar-refractivity contribution >= 4 is 34.9 Å². The molecule has 1 aliphatic rings. The van der Waals surface area contributed by atoms with Gasteiger partial charge < -0.3 is 15.4 Å². The van der Waals surface area contributed by atoms with E-state index in [0.717, 1.165) is 10.4 Å². The van der Waals surface area contributed by atoms with Crippen molar-refractivity contribution in [1.82, 2.24) is 10.6 Å². The van der Waals surface area contributed by atoms with E-state index < -0.39 is 12.2 Å². The number of carbonyl (C=O) groups excluding carboxylic acids is 2. The lowest BCUT2D eigenvalue weighted by atomic mass is 10.0. The second-order valence-corrected chi connectivity index (χ2v) is 6.20. The van der Waals surface area contributed by atoms with Crippen molar-refractivity contribution in [3.63, 3.8) is 0 Å². The molecule has 2 heterocycles. The highest BCUT2D eigenvalue weighted by Crippen LogP contribution is 2.27.